The van der Waals surface area contributed by atoms with Crippen molar-refractivity contribution in [3.8, 4) is 0 Å². The molecule has 3 heterocycles. The van der Waals surface area contributed by atoms with Crippen LogP contribution in [0.4, 0.5) is 20.9 Å². The lowest BCUT2D eigenvalue weighted by Gasteiger charge is -2.36. The Hall–Kier alpha value is -3.96. The number of rotatable bonds is 12. The van der Waals surface area contributed by atoms with E-state index >= 15 is 0 Å². The Morgan fingerprint density at radius 3 is 2.51 bits per heavy atom. The van der Waals surface area contributed by atoms with Gasteiger partial charge >= 0.3 is 0 Å². The summed E-state index contributed by atoms with van der Waals surface area (Å²) in [5.74, 6) is 0.302. The van der Waals surface area contributed by atoms with Gasteiger partial charge in [-0.05, 0) is 82.0 Å². The van der Waals surface area contributed by atoms with E-state index in [-0.39, 0.29) is 23.2 Å². The van der Waals surface area contributed by atoms with Crippen LogP contribution >= 0.6 is 11.5 Å². The largest absolute Gasteiger partial charge is 0.328 e. The van der Waals surface area contributed by atoms with Gasteiger partial charge in [0, 0.05) is 48.7 Å². The van der Waals surface area contributed by atoms with E-state index in [0.717, 1.165) is 65.1 Å². The van der Waals surface area contributed by atoms with E-state index in [9.17, 15) is 9.18 Å². The van der Waals surface area contributed by atoms with Crippen LogP contribution in [-0.4, -0.2) is 54.9 Å². The second-order valence-corrected chi connectivity index (χ2v) is 12.5. The maximum absolute atomic E-state index is 12.5. The molecule has 1 amide bonds. The summed E-state index contributed by atoms with van der Waals surface area (Å²) in [6.07, 6.45) is 9.96. The fraction of sp³-hybridized carbons (Fsp3) is 0.441. The topological polar surface area (TPSA) is 99.8 Å². The van der Waals surface area contributed by atoms with Crippen molar-refractivity contribution in [2.24, 2.45) is 10.9 Å². The lowest BCUT2D eigenvalue weighted by molar-refractivity contribution is -0.118. The summed E-state index contributed by atoms with van der Waals surface area (Å²) < 4.78 is 19.2. The first-order valence-electron chi connectivity index (χ1n) is 15.4. The van der Waals surface area contributed by atoms with E-state index < -0.39 is 0 Å². The molecular weight excluding hydrogens is 587 g/mol. The van der Waals surface area contributed by atoms with Crippen molar-refractivity contribution in [3.05, 3.63) is 71.7 Å². The van der Waals surface area contributed by atoms with E-state index in [1.807, 2.05) is 25.5 Å². The van der Waals surface area contributed by atoms with Crippen LogP contribution in [0.2, 0.25) is 0 Å². The molecule has 4 rings (SSSR count). The Kier molecular flexibility index (Phi) is 12.9. The first kappa shape index (κ1) is 35.5. The number of carbonyl (C=O) groups excluding carboxylic acids is 1. The maximum Gasteiger partial charge on any atom is 0.226 e. The molecule has 0 saturated heterocycles. The molecular formula is C34H47FN8OS. The monoisotopic (exact) mass is 634 g/mol. The highest BCUT2D eigenvalue weighted by atomic mass is 32.1. The van der Waals surface area contributed by atoms with E-state index in [1.54, 1.807) is 20.9 Å². The summed E-state index contributed by atoms with van der Waals surface area (Å²) in [5.41, 5.74) is 5.60. The third-order valence-corrected chi connectivity index (χ3v) is 8.24. The Balaban J connectivity index is 0.000000355. The van der Waals surface area contributed by atoms with Crippen LogP contribution in [0.25, 0.3) is 11.2 Å². The minimum atomic E-state index is -0.303. The summed E-state index contributed by atoms with van der Waals surface area (Å²) >= 11 is 1.46. The maximum atomic E-state index is 12.5. The minimum absolute atomic E-state index is 0.0633. The molecule has 0 spiro atoms. The Morgan fingerprint density at radius 1 is 1.20 bits per heavy atom. The molecule has 0 unspecified atom stereocenters. The highest BCUT2D eigenvalue weighted by Gasteiger charge is 2.24. The van der Waals surface area contributed by atoms with Crippen molar-refractivity contribution in [1.82, 2.24) is 23.6 Å². The van der Waals surface area contributed by atoms with Gasteiger partial charge in [0.05, 0.1) is 23.3 Å². The molecule has 9 nitrogen and oxygen atoms in total. The highest BCUT2D eigenvalue weighted by Crippen LogP contribution is 2.28. The molecule has 0 saturated carbocycles. The number of nitrogens with zero attached hydrogens (tertiary/aromatic N) is 6. The fourth-order valence-corrected chi connectivity index (χ4v) is 5.20. The van der Waals surface area contributed by atoms with Gasteiger partial charge in [0.15, 0.2) is 11.5 Å². The zero-order chi connectivity index (χ0) is 33.1. The van der Waals surface area contributed by atoms with Gasteiger partial charge in [0.1, 0.15) is 10.8 Å². The number of imidazole rings is 1. The van der Waals surface area contributed by atoms with Gasteiger partial charge in [-0.15, -0.1) is 0 Å². The molecule has 3 aromatic heterocycles. The number of aryl methyl sites for hydroxylation is 1. The number of allylic oxidation sites excluding steroid dienone is 2. The zero-order valence-corrected chi connectivity index (χ0v) is 28.8. The molecule has 0 atom stereocenters. The van der Waals surface area contributed by atoms with Crippen molar-refractivity contribution in [2.75, 3.05) is 24.2 Å². The van der Waals surface area contributed by atoms with Gasteiger partial charge < -0.3 is 10.6 Å². The van der Waals surface area contributed by atoms with Gasteiger partial charge in [-0.25, -0.2) is 14.4 Å². The highest BCUT2D eigenvalue weighted by molar-refractivity contribution is 7.10. The van der Waals surface area contributed by atoms with Gasteiger partial charge in [-0.1, -0.05) is 40.7 Å². The number of halogens is 1. The molecule has 0 fully saturated rings. The molecule has 2 N–H and O–H groups in total. The molecule has 11 heteroatoms. The number of fused-ring (bicyclic) bond motifs is 1. The number of aromatic nitrogens is 4. The van der Waals surface area contributed by atoms with E-state index in [0.29, 0.717) is 5.69 Å². The number of carbonyl (C=O) groups is 1. The SMILES string of the molecule is CC(C)C(=O)Nc1ccc(F)cc1.CC/C=C(\C=NC)c1cnc2c(Nc3cc(CN(CC)C(C)(C)CC)ns3)nc(C)cn12. The van der Waals surface area contributed by atoms with Crippen molar-refractivity contribution in [2.45, 2.75) is 80.3 Å². The molecule has 0 aliphatic carbocycles. The normalized spacial score (nSPS) is 12.2. The number of amides is 1. The number of anilines is 3. The van der Waals surface area contributed by atoms with Crippen molar-refractivity contribution < 1.29 is 9.18 Å². The van der Waals surface area contributed by atoms with Crippen LogP contribution in [0, 0.1) is 18.7 Å². The molecule has 1 aromatic carbocycles. The van der Waals surface area contributed by atoms with Crippen molar-refractivity contribution in [1.29, 1.82) is 0 Å². The van der Waals surface area contributed by atoms with Gasteiger partial charge in [0.25, 0.3) is 0 Å². The lowest BCUT2D eigenvalue weighted by atomic mass is 9.99. The fourth-order valence-electron chi connectivity index (χ4n) is 4.54. The number of nitrogens with one attached hydrogen (secondary N) is 2. The molecule has 0 aliphatic heterocycles. The second kappa shape index (κ2) is 16.4. The summed E-state index contributed by atoms with van der Waals surface area (Å²) in [7, 11) is 1.79. The minimum Gasteiger partial charge on any atom is -0.328 e. The summed E-state index contributed by atoms with van der Waals surface area (Å²) in [4.78, 5) is 27.3. The van der Waals surface area contributed by atoms with Crippen molar-refractivity contribution in [3.63, 3.8) is 0 Å². The Morgan fingerprint density at radius 2 is 1.91 bits per heavy atom. The van der Waals surface area contributed by atoms with Crippen LogP contribution in [0.1, 0.15) is 78.4 Å². The molecule has 4 aromatic rings. The Bertz CT molecular complexity index is 1600. The van der Waals surface area contributed by atoms with Gasteiger partial charge in [-0.2, -0.15) is 4.37 Å². The first-order chi connectivity index (χ1) is 21.4. The Labute approximate surface area is 270 Å². The third-order valence-electron chi connectivity index (χ3n) is 7.49. The third kappa shape index (κ3) is 9.76. The average molecular weight is 635 g/mol. The predicted molar refractivity (Wildman–Crippen MR) is 186 cm³/mol. The number of hydrogen-bond acceptors (Lipinski definition) is 8. The molecule has 45 heavy (non-hydrogen) atoms. The number of benzene rings is 1. The lowest BCUT2D eigenvalue weighted by Crippen LogP contribution is -2.42. The summed E-state index contributed by atoms with van der Waals surface area (Å²) in [6, 6.07) is 7.83. The number of aliphatic imine (C=N–C) groups is 1. The van der Waals surface area contributed by atoms with Gasteiger partial charge in [0.2, 0.25) is 5.91 Å². The van der Waals surface area contributed by atoms with Gasteiger partial charge in [-0.3, -0.25) is 19.1 Å². The van der Waals surface area contributed by atoms with Crippen molar-refractivity contribution >= 4 is 51.4 Å². The van der Waals surface area contributed by atoms with Crippen LogP contribution in [0.3, 0.4) is 0 Å². The van der Waals surface area contributed by atoms with E-state index in [2.05, 4.69) is 81.0 Å². The molecule has 0 aliphatic rings. The van der Waals surface area contributed by atoms with Crippen LogP contribution in [-0.2, 0) is 11.3 Å². The second-order valence-electron chi connectivity index (χ2n) is 11.7. The predicted octanol–water partition coefficient (Wildman–Crippen LogP) is 8.16. The zero-order valence-electron chi connectivity index (χ0n) is 28.0. The van der Waals surface area contributed by atoms with Crippen LogP contribution in [0.15, 0.2) is 53.8 Å². The van der Waals surface area contributed by atoms with Crippen LogP contribution in [0.5, 0.6) is 0 Å². The molecule has 242 valence electrons. The first-order valence-corrected chi connectivity index (χ1v) is 16.2. The summed E-state index contributed by atoms with van der Waals surface area (Å²) in [6.45, 7) is 18.6. The quantitative estimate of drug-likeness (QED) is 0.153. The van der Waals surface area contributed by atoms with E-state index in [1.165, 1.54) is 35.8 Å². The van der Waals surface area contributed by atoms with E-state index in [4.69, 9.17) is 4.98 Å². The van der Waals surface area contributed by atoms with Crippen LogP contribution < -0.4 is 10.6 Å². The molecule has 0 radical (unpaired) electrons. The standard InChI is InChI=1S/C24H35N7S.C10H12FNO/c1-8-11-18(13-25-7)20-14-26-23-22(27-17(4)15-31(20)23)28-21-12-19(29-32-21)16-30(10-3)24(5,6)9-2;1-7(2)10(13)12-9-5-3-8(11)4-6-9/h11-15H,8-10,16H2,1-7H3,(H,27,28);3-7H,1-2H3,(H,12,13)/b18-11+,25-13?;. The average Bonchev–Trinajstić information content (AvgIpc) is 3.64. The summed E-state index contributed by atoms with van der Waals surface area (Å²) in [5, 5.41) is 7.09. The molecule has 0 bridgehead atoms. The number of hydrogen-bond donors (Lipinski definition) is 2. The smallest absolute Gasteiger partial charge is 0.226 e.